The first kappa shape index (κ1) is 14.5. The van der Waals surface area contributed by atoms with Gasteiger partial charge in [-0.3, -0.25) is 4.98 Å². The van der Waals surface area contributed by atoms with E-state index in [4.69, 9.17) is 6.57 Å². The molecule has 0 aliphatic heterocycles. The summed E-state index contributed by atoms with van der Waals surface area (Å²) in [6.07, 6.45) is 5.88. The van der Waals surface area contributed by atoms with Crippen molar-refractivity contribution in [2.45, 2.75) is 6.92 Å². The maximum atomic E-state index is 7.56. The van der Waals surface area contributed by atoms with Gasteiger partial charge < -0.3 is 4.40 Å². The van der Waals surface area contributed by atoms with Crippen LogP contribution in [0.1, 0.15) is 5.56 Å². The third-order valence-corrected chi connectivity index (χ3v) is 5.75. The summed E-state index contributed by atoms with van der Waals surface area (Å²) in [6.45, 7) is 9.73. The minimum Gasteiger partial charge on any atom is -0.309 e. The monoisotopic (exact) mass is 347 g/mol. The normalized spacial score (nSPS) is 12.0. The van der Waals surface area contributed by atoms with E-state index in [1.54, 1.807) is 0 Å². The van der Waals surface area contributed by atoms with Crippen LogP contribution in [-0.4, -0.2) is 9.38 Å². The zero-order chi connectivity index (χ0) is 18.3. The maximum Gasteiger partial charge on any atom is 0.224 e. The fourth-order valence-electron chi connectivity index (χ4n) is 4.61. The molecule has 4 heterocycles. The molecule has 0 saturated heterocycles. The van der Waals surface area contributed by atoms with Gasteiger partial charge in [0.1, 0.15) is 7.05 Å². The van der Waals surface area contributed by atoms with Crippen LogP contribution in [-0.2, 0) is 7.05 Å². The Morgan fingerprint density at radius 1 is 1.04 bits per heavy atom. The first-order valence-corrected chi connectivity index (χ1v) is 8.91. The van der Waals surface area contributed by atoms with Gasteiger partial charge in [0.25, 0.3) is 0 Å². The van der Waals surface area contributed by atoms with Crippen molar-refractivity contribution in [1.82, 2.24) is 9.38 Å². The van der Waals surface area contributed by atoms with Gasteiger partial charge in [-0.2, -0.15) is 0 Å². The Kier molecular flexibility index (Phi) is 2.52. The van der Waals surface area contributed by atoms with Crippen LogP contribution in [0.3, 0.4) is 0 Å². The van der Waals surface area contributed by atoms with E-state index >= 15 is 0 Å². The molecule has 0 radical (unpaired) electrons. The number of rotatable bonds is 0. The fourth-order valence-corrected chi connectivity index (χ4v) is 4.61. The minimum atomic E-state index is 0.664. The van der Waals surface area contributed by atoms with E-state index in [0.29, 0.717) is 5.69 Å². The molecule has 0 saturated carbocycles. The van der Waals surface area contributed by atoms with Gasteiger partial charge in [0.15, 0.2) is 11.9 Å². The summed E-state index contributed by atoms with van der Waals surface area (Å²) in [5.41, 5.74) is 6.54. The standard InChI is InChI=1S/C23H15N4/c1-13-4-5-16-17-12-25-8-6-18(17)27-19-11-15(24-2)10-14-7-9-26(3)23(21(14)19)20(13)22(16)27/h4-12H,1,3H3/q+1. The number of benzene rings is 2. The molecule has 4 nitrogen and oxygen atoms in total. The Morgan fingerprint density at radius 3 is 2.78 bits per heavy atom. The Bertz CT molecular complexity index is 1600. The molecule has 6 rings (SSSR count). The first-order valence-electron chi connectivity index (χ1n) is 8.91. The van der Waals surface area contributed by atoms with E-state index in [2.05, 4.69) is 63.2 Å². The number of aromatic nitrogens is 3. The molecule has 4 heteroatoms. The Labute approximate surface area is 155 Å². The highest BCUT2D eigenvalue weighted by Gasteiger charge is 2.23. The molecule has 0 spiro atoms. The summed E-state index contributed by atoms with van der Waals surface area (Å²) in [5.74, 6) is 0. The smallest absolute Gasteiger partial charge is 0.224 e. The second kappa shape index (κ2) is 4.72. The Morgan fingerprint density at radius 2 is 1.93 bits per heavy atom. The molecule has 0 aliphatic rings. The topological polar surface area (TPSA) is 25.5 Å². The number of aryl methyl sites for hydroxylation is 2. The quantitative estimate of drug-likeness (QED) is 0.163. The molecule has 0 unspecified atom stereocenters. The molecule has 0 aliphatic carbocycles. The highest BCUT2D eigenvalue weighted by molar-refractivity contribution is 6.26. The highest BCUT2D eigenvalue weighted by atomic mass is 15.0. The van der Waals surface area contributed by atoms with Gasteiger partial charge >= 0.3 is 0 Å². The van der Waals surface area contributed by atoms with Crippen LogP contribution in [0.4, 0.5) is 5.69 Å². The molecule has 0 amide bonds. The largest absolute Gasteiger partial charge is 0.309 e. The molecule has 0 fully saturated rings. The van der Waals surface area contributed by atoms with Crippen LogP contribution in [0, 0.1) is 13.5 Å². The van der Waals surface area contributed by atoms with Gasteiger partial charge in [0.05, 0.1) is 33.9 Å². The van der Waals surface area contributed by atoms with Gasteiger partial charge in [-0.1, -0.05) is 12.1 Å². The molecule has 4 aromatic heterocycles. The van der Waals surface area contributed by atoms with Crippen molar-refractivity contribution in [2.75, 3.05) is 0 Å². The molecular weight excluding hydrogens is 332 g/mol. The highest BCUT2D eigenvalue weighted by Crippen LogP contribution is 2.41. The zero-order valence-electron chi connectivity index (χ0n) is 15.0. The number of hydrogen-bond acceptors (Lipinski definition) is 1. The van der Waals surface area contributed by atoms with E-state index in [1.165, 1.54) is 32.8 Å². The predicted molar refractivity (Wildman–Crippen MR) is 109 cm³/mol. The van der Waals surface area contributed by atoms with E-state index in [-0.39, 0.29) is 0 Å². The number of fused-ring (bicyclic) bond motifs is 5. The molecule has 126 valence electrons. The first-order chi connectivity index (χ1) is 13.2. The van der Waals surface area contributed by atoms with Gasteiger partial charge in [0, 0.05) is 29.2 Å². The van der Waals surface area contributed by atoms with Gasteiger partial charge in [-0.25, -0.2) is 9.41 Å². The van der Waals surface area contributed by atoms with Crippen molar-refractivity contribution < 1.29 is 4.57 Å². The van der Waals surface area contributed by atoms with Crippen LogP contribution in [0.15, 0.2) is 55.0 Å². The van der Waals surface area contributed by atoms with Gasteiger partial charge in [-0.05, 0) is 36.1 Å². The molecule has 0 atom stereocenters. The van der Waals surface area contributed by atoms with Crippen molar-refractivity contribution in [3.63, 3.8) is 0 Å². The van der Waals surface area contributed by atoms with E-state index in [0.717, 1.165) is 21.8 Å². The second-order valence-corrected chi connectivity index (χ2v) is 7.20. The van der Waals surface area contributed by atoms with E-state index in [1.807, 2.05) is 24.5 Å². The molecule has 2 aromatic carbocycles. The third kappa shape index (κ3) is 1.62. The second-order valence-electron chi connectivity index (χ2n) is 7.20. The van der Waals surface area contributed by atoms with Crippen molar-refractivity contribution in [2.24, 2.45) is 7.05 Å². The van der Waals surface area contributed by atoms with Crippen molar-refractivity contribution in [3.8, 4) is 0 Å². The summed E-state index contributed by atoms with van der Waals surface area (Å²) < 4.78 is 4.52. The Balaban J connectivity index is 2.15. The van der Waals surface area contributed by atoms with E-state index in [9.17, 15) is 0 Å². The van der Waals surface area contributed by atoms with Crippen molar-refractivity contribution >= 4 is 54.7 Å². The maximum absolute atomic E-state index is 7.56. The summed E-state index contributed by atoms with van der Waals surface area (Å²) >= 11 is 0. The van der Waals surface area contributed by atoms with Crippen LogP contribution in [0.5, 0.6) is 0 Å². The average Bonchev–Trinajstić information content (AvgIpc) is 3.03. The Hall–Kier alpha value is -3.71. The van der Waals surface area contributed by atoms with Crippen LogP contribution in [0.25, 0.3) is 53.8 Å². The van der Waals surface area contributed by atoms with Crippen LogP contribution >= 0.6 is 0 Å². The lowest BCUT2D eigenvalue weighted by Gasteiger charge is -2.13. The summed E-state index contributed by atoms with van der Waals surface area (Å²) in [6, 6.07) is 12.6. The van der Waals surface area contributed by atoms with Gasteiger partial charge in [0.2, 0.25) is 5.52 Å². The van der Waals surface area contributed by atoms with Crippen molar-refractivity contribution in [3.05, 3.63) is 72.0 Å². The number of hydrogen-bond donors (Lipinski definition) is 0. The lowest BCUT2D eigenvalue weighted by molar-refractivity contribution is -0.643. The van der Waals surface area contributed by atoms with E-state index < -0.39 is 0 Å². The lowest BCUT2D eigenvalue weighted by Crippen LogP contribution is -2.28. The summed E-state index contributed by atoms with van der Waals surface area (Å²) in [7, 11) is 2.10. The molecule has 0 bridgehead atoms. The molecule has 27 heavy (non-hydrogen) atoms. The molecular formula is C23H15N4+. The summed E-state index contributed by atoms with van der Waals surface area (Å²) in [4.78, 5) is 8.09. The van der Waals surface area contributed by atoms with Crippen LogP contribution in [0.2, 0.25) is 0 Å². The fraction of sp³-hybridized carbons (Fsp3) is 0.0870. The van der Waals surface area contributed by atoms with Crippen LogP contribution < -0.4 is 4.57 Å². The lowest BCUT2D eigenvalue weighted by atomic mass is 9.99. The number of nitrogens with zero attached hydrogens (tertiary/aromatic N) is 4. The molecule has 6 aromatic rings. The average molecular weight is 347 g/mol. The van der Waals surface area contributed by atoms with Gasteiger partial charge in [-0.15, -0.1) is 0 Å². The minimum absolute atomic E-state index is 0.664. The molecule has 0 N–H and O–H groups in total. The number of pyridine rings is 3. The third-order valence-electron chi connectivity index (χ3n) is 5.75. The SMILES string of the molecule is [C-]#[N+]c1cc2cc[n+](C)c3c4c(C)ccc5c6cnccc6n(c(c1)c23)c54. The predicted octanol–water partition coefficient (Wildman–Crippen LogP) is 5.07. The van der Waals surface area contributed by atoms with Crippen molar-refractivity contribution in [1.29, 1.82) is 0 Å². The zero-order valence-corrected chi connectivity index (χ0v) is 15.0. The summed E-state index contributed by atoms with van der Waals surface area (Å²) in [5, 5.41) is 5.91.